The van der Waals surface area contributed by atoms with E-state index in [1.807, 2.05) is 0 Å². The molecule has 1 nitrogen and oxygen atoms in total. The standard InChI is InChI=1S/C9H16O/c1-8(2)6-5-7-9(3,4)10-8/h5-6H,7H2,1-4H3. The van der Waals surface area contributed by atoms with Gasteiger partial charge in [0.25, 0.3) is 0 Å². The predicted molar refractivity (Wildman–Crippen MR) is 43.0 cm³/mol. The van der Waals surface area contributed by atoms with E-state index in [9.17, 15) is 0 Å². The molecule has 1 heterocycles. The lowest BCUT2D eigenvalue weighted by Gasteiger charge is -2.37. The fraction of sp³-hybridized carbons (Fsp3) is 0.778. The van der Waals surface area contributed by atoms with Crippen LogP contribution in [0.3, 0.4) is 0 Å². The highest BCUT2D eigenvalue weighted by atomic mass is 16.5. The minimum absolute atomic E-state index is 0.0260. The number of ether oxygens (including phenoxy) is 1. The highest BCUT2D eigenvalue weighted by molar-refractivity contribution is 5.04. The Hall–Kier alpha value is -0.300. The third-order valence-corrected chi connectivity index (χ3v) is 1.67. The molecule has 1 aliphatic rings. The molecule has 58 valence electrons. The molecule has 10 heavy (non-hydrogen) atoms. The number of rotatable bonds is 0. The van der Waals surface area contributed by atoms with E-state index >= 15 is 0 Å². The van der Waals surface area contributed by atoms with Crippen molar-refractivity contribution in [2.75, 3.05) is 0 Å². The monoisotopic (exact) mass is 140 g/mol. The van der Waals surface area contributed by atoms with Crippen molar-refractivity contribution in [2.45, 2.75) is 45.3 Å². The van der Waals surface area contributed by atoms with Gasteiger partial charge < -0.3 is 4.74 Å². The van der Waals surface area contributed by atoms with Crippen molar-refractivity contribution in [1.82, 2.24) is 0 Å². The zero-order valence-corrected chi connectivity index (χ0v) is 7.27. The van der Waals surface area contributed by atoms with Gasteiger partial charge in [-0.1, -0.05) is 12.2 Å². The van der Waals surface area contributed by atoms with Crippen LogP contribution in [0.4, 0.5) is 0 Å². The van der Waals surface area contributed by atoms with Crippen LogP contribution in [0.15, 0.2) is 12.2 Å². The van der Waals surface area contributed by atoms with E-state index in [0.717, 1.165) is 6.42 Å². The second-order valence-corrected chi connectivity index (χ2v) is 4.07. The van der Waals surface area contributed by atoms with E-state index in [1.165, 1.54) is 0 Å². The molecule has 1 heteroatoms. The SMILES string of the molecule is CC1(C)C=CCC(C)(C)O1. The number of hydrogen-bond donors (Lipinski definition) is 0. The average molecular weight is 140 g/mol. The Balaban J connectivity index is 2.73. The van der Waals surface area contributed by atoms with Crippen molar-refractivity contribution in [3.05, 3.63) is 12.2 Å². The van der Waals surface area contributed by atoms with Crippen LogP contribution in [-0.4, -0.2) is 11.2 Å². The second-order valence-electron chi connectivity index (χ2n) is 4.07. The van der Waals surface area contributed by atoms with E-state index < -0.39 is 0 Å². The first kappa shape index (κ1) is 7.80. The van der Waals surface area contributed by atoms with Gasteiger partial charge in [-0.15, -0.1) is 0 Å². The van der Waals surface area contributed by atoms with Crippen molar-refractivity contribution < 1.29 is 4.74 Å². The highest BCUT2D eigenvalue weighted by Crippen LogP contribution is 2.29. The minimum Gasteiger partial charge on any atom is -0.365 e. The van der Waals surface area contributed by atoms with Gasteiger partial charge in [-0.3, -0.25) is 0 Å². The Morgan fingerprint density at radius 1 is 1.20 bits per heavy atom. The molecular formula is C9H16O. The summed E-state index contributed by atoms with van der Waals surface area (Å²) in [6.07, 6.45) is 5.35. The number of hydrogen-bond acceptors (Lipinski definition) is 1. The Kier molecular flexibility index (Phi) is 1.63. The molecule has 0 aliphatic carbocycles. The molecule has 0 atom stereocenters. The van der Waals surface area contributed by atoms with Crippen molar-refractivity contribution in [3.63, 3.8) is 0 Å². The topological polar surface area (TPSA) is 9.23 Å². The lowest BCUT2D eigenvalue weighted by atomic mass is 9.96. The van der Waals surface area contributed by atoms with Crippen molar-refractivity contribution in [3.8, 4) is 0 Å². The largest absolute Gasteiger partial charge is 0.365 e. The molecule has 0 aromatic carbocycles. The first-order valence-electron chi connectivity index (χ1n) is 3.79. The molecule has 0 radical (unpaired) electrons. The van der Waals surface area contributed by atoms with Gasteiger partial charge in [0.05, 0.1) is 11.2 Å². The zero-order valence-electron chi connectivity index (χ0n) is 7.27. The quantitative estimate of drug-likeness (QED) is 0.470. The molecular weight excluding hydrogens is 124 g/mol. The van der Waals surface area contributed by atoms with Crippen LogP contribution >= 0.6 is 0 Å². The summed E-state index contributed by atoms with van der Waals surface area (Å²) in [6.45, 7) is 8.42. The predicted octanol–water partition coefficient (Wildman–Crippen LogP) is 2.52. The van der Waals surface area contributed by atoms with E-state index in [0.29, 0.717) is 0 Å². The van der Waals surface area contributed by atoms with Crippen LogP contribution in [0.25, 0.3) is 0 Å². The van der Waals surface area contributed by atoms with Gasteiger partial charge in [-0.05, 0) is 34.1 Å². The van der Waals surface area contributed by atoms with Crippen LogP contribution in [0.5, 0.6) is 0 Å². The second kappa shape index (κ2) is 2.09. The third-order valence-electron chi connectivity index (χ3n) is 1.67. The van der Waals surface area contributed by atoms with Crippen LogP contribution < -0.4 is 0 Å². The first-order chi connectivity index (χ1) is 4.41. The first-order valence-corrected chi connectivity index (χ1v) is 3.79. The summed E-state index contributed by atoms with van der Waals surface area (Å²) in [5, 5.41) is 0. The molecule has 0 saturated heterocycles. The maximum atomic E-state index is 5.77. The summed E-state index contributed by atoms with van der Waals surface area (Å²) in [5.41, 5.74) is -0.0417. The Morgan fingerprint density at radius 2 is 1.80 bits per heavy atom. The lowest BCUT2D eigenvalue weighted by molar-refractivity contribution is -0.103. The molecule has 0 N–H and O–H groups in total. The van der Waals surface area contributed by atoms with Gasteiger partial charge >= 0.3 is 0 Å². The fourth-order valence-corrected chi connectivity index (χ4v) is 1.41. The molecule has 0 aromatic rings. The van der Waals surface area contributed by atoms with Crippen LogP contribution in [0.1, 0.15) is 34.1 Å². The zero-order chi connectivity index (χ0) is 7.83. The van der Waals surface area contributed by atoms with Gasteiger partial charge in [0.1, 0.15) is 0 Å². The van der Waals surface area contributed by atoms with E-state index in [4.69, 9.17) is 4.74 Å². The summed E-state index contributed by atoms with van der Waals surface area (Å²) in [6, 6.07) is 0. The third kappa shape index (κ3) is 1.84. The van der Waals surface area contributed by atoms with Gasteiger partial charge in [-0.2, -0.15) is 0 Å². The molecule has 0 aromatic heterocycles. The maximum absolute atomic E-state index is 5.77. The summed E-state index contributed by atoms with van der Waals surface area (Å²) >= 11 is 0. The van der Waals surface area contributed by atoms with Crippen molar-refractivity contribution in [1.29, 1.82) is 0 Å². The molecule has 0 amide bonds. The highest BCUT2D eigenvalue weighted by Gasteiger charge is 2.29. The van der Waals surface area contributed by atoms with Crippen molar-refractivity contribution >= 4 is 0 Å². The van der Waals surface area contributed by atoms with Crippen LogP contribution in [-0.2, 0) is 4.74 Å². The van der Waals surface area contributed by atoms with Gasteiger partial charge in [0.2, 0.25) is 0 Å². The molecule has 0 bridgehead atoms. The maximum Gasteiger partial charge on any atom is 0.0813 e. The minimum atomic E-state index is -0.0677. The summed E-state index contributed by atoms with van der Waals surface area (Å²) in [7, 11) is 0. The summed E-state index contributed by atoms with van der Waals surface area (Å²) in [4.78, 5) is 0. The molecule has 0 fully saturated rings. The Labute approximate surface area is 63.1 Å². The molecule has 0 unspecified atom stereocenters. The summed E-state index contributed by atoms with van der Waals surface area (Å²) < 4.78 is 5.77. The summed E-state index contributed by atoms with van der Waals surface area (Å²) in [5.74, 6) is 0. The molecule has 1 rings (SSSR count). The van der Waals surface area contributed by atoms with Gasteiger partial charge in [-0.25, -0.2) is 0 Å². The molecule has 1 aliphatic heterocycles. The van der Waals surface area contributed by atoms with E-state index in [2.05, 4.69) is 39.8 Å². The fourth-order valence-electron chi connectivity index (χ4n) is 1.41. The van der Waals surface area contributed by atoms with E-state index in [1.54, 1.807) is 0 Å². The van der Waals surface area contributed by atoms with Gasteiger partial charge in [0, 0.05) is 0 Å². The van der Waals surface area contributed by atoms with E-state index in [-0.39, 0.29) is 11.2 Å². The van der Waals surface area contributed by atoms with Crippen molar-refractivity contribution in [2.24, 2.45) is 0 Å². The van der Waals surface area contributed by atoms with Crippen LogP contribution in [0, 0.1) is 0 Å². The van der Waals surface area contributed by atoms with Gasteiger partial charge in [0.15, 0.2) is 0 Å². The average Bonchev–Trinajstić information content (AvgIpc) is 1.56. The van der Waals surface area contributed by atoms with Crippen LogP contribution in [0.2, 0.25) is 0 Å². The smallest absolute Gasteiger partial charge is 0.0813 e. The Bertz CT molecular complexity index is 154. The normalized spacial score (nSPS) is 28.4. The lowest BCUT2D eigenvalue weighted by Crippen LogP contribution is -2.38. The molecule has 0 saturated carbocycles. The molecule has 0 spiro atoms. The Morgan fingerprint density at radius 3 is 2.10 bits per heavy atom.